The maximum absolute atomic E-state index is 8.59. The van der Waals surface area contributed by atoms with E-state index < -0.39 is 0 Å². The smallest absolute Gasteiger partial charge is 0.104 e. The number of H-pyrrole nitrogens is 1. The van der Waals surface area contributed by atoms with Gasteiger partial charge in [-0.15, -0.1) is 0 Å². The lowest BCUT2D eigenvalue weighted by Crippen LogP contribution is -1.80. The number of nitrogens with zero attached hydrogens (tertiary/aromatic N) is 1. The molecule has 0 bridgehead atoms. The first-order valence-electron chi connectivity index (χ1n) is 4.43. The minimum atomic E-state index is 0.101. The fourth-order valence-corrected chi connectivity index (χ4v) is 1.28. The summed E-state index contributed by atoms with van der Waals surface area (Å²) in [4.78, 5) is 7.20. The number of fused-ring (bicyclic) bond motifs is 1. The molecule has 0 fully saturated rings. The first kappa shape index (κ1) is 8.79. The Balaban J connectivity index is 2.43. The molecule has 0 aliphatic carbocycles. The number of imidazole rings is 1. The van der Waals surface area contributed by atoms with Crippen molar-refractivity contribution in [3.05, 3.63) is 30.1 Å². The molecule has 1 aromatic carbocycles. The average molecular weight is 186 g/mol. The molecule has 0 atom stereocenters. The first-order chi connectivity index (χ1) is 6.92. The largest absolute Gasteiger partial charge is 0.395 e. The number of aliphatic hydroxyl groups excluding tert-OH is 1. The van der Waals surface area contributed by atoms with E-state index in [0.29, 0.717) is 6.42 Å². The van der Waals surface area contributed by atoms with E-state index in [4.69, 9.17) is 5.11 Å². The number of aromatic nitrogens is 2. The summed E-state index contributed by atoms with van der Waals surface area (Å²) in [5.41, 5.74) is 2.77. The maximum atomic E-state index is 8.59. The van der Waals surface area contributed by atoms with E-state index in [2.05, 4.69) is 21.8 Å². The Labute approximate surface area is 81.8 Å². The van der Waals surface area contributed by atoms with Crippen LogP contribution in [0.15, 0.2) is 24.5 Å². The molecule has 0 saturated carbocycles. The topological polar surface area (TPSA) is 48.9 Å². The van der Waals surface area contributed by atoms with E-state index in [1.165, 1.54) is 0 Å². The van der Waals surface area contributed by atoms with Crippen LogP contribution in [0, 0.1) is 11.8 Å². The van der Waals surface area contributed by atoms with Gasteiger partial charge in [-0.3, -0.25) is 0 Å². The van der Waals surface area contributed by atoms with Crippen molar-refractivity contribution in [1.82, 2.24) is 9.97 Å². The van der Waals surface area contributed by atoms with Crippen molar-refractivity contribution in [1.29, 1.82) is 0 Å². The Hall–Kier alpha value is -1.79. The lowest BCUT2D eigenvalue weighted by molar-refractivity contribution is 0.305. The fourth-order valence-electron chi connectivity index (χ4n) is 1.28. The minimum absolute atomic E-state index is 0.101. The average Bonchev–Trinajstić information content (AvgIpc) is 2.67. The molecule has 2 aromatic rings. The second-order valence-corrected chi connectivity index (χ2v) is 2.88. The molecule has 1 heterocycles. The summed E-state index contributed by atoms with van der Waals surface area (Å²) in [6, 6.07) is 5.82. The third-order valence-corrected chi connectivity index (χ3v) is 1.91. The van der Waals surface area contributed by atoms with Gasteiger partial charge in [-0.05, 0) is 12.1 Å². The second kappa shape index (κ2) is 3.95. The van der Waals surface area contributed by atoms with E-state index >= 15 is 0 Å². The molecule has 0 spiro atoms. The Morgan fingerprint density at radius 1 is 1.43 bits per heavy atom. The van der Waals surface area contributed by atoms with Crippen molar-refractivity contribution in [2.24, 2.45) is 0 Å². The molecule has 3 nitrogen and oxygen atoms in total. The molecule has 0 unspecified atom stereocenters. The molecule has 0 saturated heterocycles. The molecule has 2 N–H and O–H groups in total. The molecule has 2 rings (SSSR count). The van der Waals surface area contributed by atoms with Gasteiger partial charge in [0.1, 0.15) is 5.52 Å². The maximum Gasteiger partial charge on any atom is 0.104 e. The fraction of sp³-hybridized carbons (Fsp3) is 0.182. The number of hydrogen-bond donors (Lipinski definition) is 2. The van der Waals surface area contributed by atoms with E-state index in [0.717, 1.165) is 16.6 Å². The zero-order chi connectivity index (χ0) is 9.80. The molecule has 0 aliphatic heterocycles. The second-order valence-electron chi connectivity index (χ2n) is 2.88. The number of hydrogen-bond acceptors (Lipinski definition) is 2. The van der Waals surface area contributed by atoms with E-state index in [9.17, 15) is 0 Å². The highest BCUT2D eigenvalue weighted by Gasteiger charge is 1.98. The van der Waals surface area contributed by atoms with E-state index in [1.807, 2.05) is 18.2 Å². The van der Waals surface area contributed by atoms with Gasteiger partial charge in [-0.2, -0.15) is 0 Å². The zero-order valence-corrected chi connectivity index (χ0v) is 7.62. The Morgan fingerprint density at radius 3 is 3.21 bits per heavy atom. The number of aliphatic hydroxyl groups is 1. The summed E-state index contributed by atoms with van der Waals surface area (Å²) in [6.45, 7) is 0.101. The predicted molar refractivity (Wildman–Crippen MR) is 54.7 cm³/mol. The van der Waals surface area contributed by atoms with E-state index in [1.54, 1.807) is 6.33 Å². The third-order valence-electron chi connectivity index (χ3n) is 1.91. The molecule has 0 amide bonds. The Bertz CT molecular complexity index is 490. The number of nitrogens with one attached hydrogen (secondary N) is 1. The van der Waals surface area contributed by atoms with Crippen molar-refractivity contribution in [3.63, 3.8) is 0 Å². The van der Waals surface area contributed by atoms with Crippen LogP contribution >= 0.6 is 0 Å². The van der Waals surface area contributed by atoms with Crippen LogP contribution in [0.5, 0.6) is 0 Å². The quantitative estimate of drug-likeness (QED) is 0.659. The van der Waals surface area contributed by atoms with Crippen molar-refractivity contribution >= 4 is 11.0 Å². The van der Waals surface area contributed by atoms with Crippen molar-refractivity contribution in [2.75, 3.05) is 6.61 Å². The van der Waals surface area contributed by atoms with Crippen LogP contribution in [-0.2, 0) is 0 Å². The van der Waals surface area contributed by atoms with Gasteiger partial charge in [-0.1, -0.05) is 17.9 Å². The lowest BCUT2D eigenvalue weighted by atomic mass is 10.2. The SMILES string of the molecule is OCCC#Cc1cccc2[nH]cnc12. The lowest BCUT2D eigenvalue weighted by Gasteiger charge is -1.91. The molecule has 14 heavy (non-hydrogen) atoms. The van der Waals surface area contributed by atoms with Gasteiger partial charge in [0.15, 0.2) is 0 Å². The van der Waals surface area contributed by atoms with Gasteiger partial charge < -0.3 is 10.1 Å². The van der Waals surface area contributed by atoms with Crippen LogP contribution in [0.4, 0.5) is 0 Å². The standard InChI is InChI=1S/C11H10N2O/c14-7-2-1-4-9-5-3-6-10-11(9)13-8-12-10/h3,5-6,8,14H,2,7H2,(H,12,13). The van der Waals surface area contributed by atoms with Crippen LogP contribution in [0.1, 0.15) is 12.0 Å². The molecule has 0 radical (unpaired) electrons. The summed E-state index contributed by atoms with van der Waals surface area (Å²) in [6.07, 6.45) is 2.16. The first-order valence-corrected chi connectivity index (χ1v) is 4.43. The summed E-state index contributed by atoms with van der Waals surface area (Å²) in [5.74, 6) is 5.86. The Kier molecular flexibility index (Phi) is 2.48. The highest BCUT2D eigenvalue weighted by atomic mass is 16.2. The third kappa shape index (κ3) is 1.61. The monoisotopic (exact) mass is 186 g/mol. The summed E-state index contributed by atoms with van der Waals surface area (Å²) in [7, 11) is 0. The normalized spacial score (nSPS) is 9.79. The zero-order valence-electron chi connectivity index (χ0n) is 7.62. The highest BCUT2D eigenvalue weighted by molar-refractivity contribution is 5.81. The van der Waals surface area contributed by atoms with Crippen molar-refractivity contribution in [3.8, 4) is 11.8 Å². The number of para-hydroxylation sites is 1. The number of benzene rings is 1. The minimum Gasteiger partial charge on any atom is -0.395 e. The van der Waals surface area contributed by atoms with Crippen LogP contribution in [0.3, 0.4) is 0 Å². The van der Waals surface area contributed by atoms with Gasteiger partial charge >= 0.3 is 0 Å². The van der Waals surface area contributed by atoms with Gasteiger partial charge in [-0.25, -0.2) is 4.98 Å². The molecule has 70 valence electrons. The Morgan fingerprint density at radius 2 is 2.36 bits per heavy atom. The van der Waals surface area contributed by atoms with Crippen molar-refractivity contribution in [2.45, 2.75) is 6.42 Å². The number of aromatic amines is 1. The molecular weight excluding hydrogens is 176 g/mol. The van der Waals surface area contributed by atoms with Crippen LogP contribution in [-0.4, -0.2) is 21.7 Å². The molecule has 0 aliphatic rings. The van der Waals surface area contributed by atoms with Crippen LogP contribution < -0.4 is 0 Å². The summed E-state index contributed by atoms with van der Waals surface area (Å²) in [5, 5.41) is 8.59. The van der Waals surface area contributed by atoms with E-state index in [-0.39, 0.29) is 6.61 Å². The summed E-state index contributed by atoms with van der Waals surface area (Å²) >= 11 is 0. The molecule has 3 heteroatoms. The van der Waals surface area contributed by atoms with Gasteiger partial charge in [0, 0.05) is 6.42 Å². The van der Waals surface area contributed by atoms with Gasteiger partial charge in [0.25, 0.3) is 0 Å². The number of rotatable bonds is 1. The predicted octanol–water partition coefficient (Wildman–Crippen LogP) is 1.30. The van der Waals surface area contributed by atoms with Crippen LogP contribution in [0.25, 0.3) is 11.0 Å². The summed E-state index contributed by atoms with van der Waals surface area (Å²) < 4.78 is 0. The van der Waals surface area contributed by atoms with Crippen LogP contribution in [0.2, 0.25) is 0 Å². The van der Waals surface area contributed by atoms with Gasteiger partial charge in [0.2, 0.25) is 0 Å². The molecule has 1 aromatic heterocycles. The van der Waals surface area contributed by atoms with Crippen molar-refractivity contribution < 1.29 is 5.11 Å². The molecular formula is C11H10N2O. The highest BCUT2D eigenvalue weighted by Crippen LogP contribution is 2.12. The van der Waals surface area contributed by atoms with Gasteiger partial charge in [0.05, 0.1) is 24.0 Å².